The maximum Gasteiger partial charge on any atom is 0.184 e. The van der Waals surface area contributed by atoms with Crippen molar-refractivity contribution in [2.24, 2.45) is 4.99 Å². The second kappa shape index (κ2) is 14.6. The van der Waals surface area contributed by atoms with Gasteiger partial charge in [-0.3, -0.25) is 4.99 Å². The fourth-order valence-electron chi connectivity index (χ4n) is 5.63. The molecule has 1 aliphatic carbocycles. The molecule has 0 radical (unpaired) electrons. The molecule has 0 N–H and O–H groups in total. The van der Waals surface area contributed by atoms with Crippen molar-refractivity contribution in [3.05, 3.63) is 97.7 Å². The van der Waals surface area contributed by atoms with E-state index in [1.807, 2.05) is 18.2 Å². The van der Waals surface area contributed by atoms with Crippen molar-refractivity contribution >= 4 is 44.2 Å². The fraction of sp³-hybridized carbons (Fsp3) is 0.364. The topological polar surface area (TPSA) is 54.2 Å². The summed E-state index contributed by atoms with van der Waals surface area (Å²) in [6, 6.07) is 21.1. The van der Waals surface area contributed by atoms with Crippen LogP contribution in [0.3, 0.4) is 0 Å². The van der Waals surface area contributed by atoms with Crippen molar-refractivity contribution in [3.63, 3.8) is 0 Å². The number of halogens is 2. The van der Waals surface area contributed by atoms with Gasteiger partial charge in [0.25, 0.3) is 0 Å². The van der Waals surface area contributed by atoms with Gasteiger partial charge in [-0.25, -0.2) is 0 Å². The van der Waals surface area contributed by atoms with E-state index >= 15 is 0 Å². The second-order valence-electron chi connectivity index (χ2n) is 10.3. The Morgan fingerprint density at radius 3 is 1.88 bits per heavy atom. The van der Waals surface area contributed by atoms with Crippen LogP contribution in [0.25, 0.3) is 0 Å². The first-order chi connectivity index (χ1) is 20.0. The molecule has 1 aromatic heterocycles. The summed E-state index contributed by atoms with van der Waals surface area (Å²) >= 11 is 5.36. The molecule has 1 aliphatic rings. The van der Waals surface area contributed by atoms with Gasteiger partial charge in [-0.05, 0) is 78.8 Å². The Balaban J connectivity index is 0.00000405. The molecule has 0 atom stereocenters. The van der Waals surface area contributed by atoms with Crippen molar-refractivity contribution < 1.29 is 18.9 Å². The van der Waals surface area contributed by atoms with Crippen LogP contribution in [0.5, 0.6) is 23.0 Å². The predicted molar refractivity (Wildman–Crippen MR) is 178 cm³/mol. The number of ether oxygens (including phenoxy) is 4. The van der Waals surface area contributed by atoms with Crippen molar-refractivity contribution in [1.29, 1.82) is 0 Å². The molecule has 4 aromatic rings. The molecular weight excluding hydrogens is 680 g/mol. The molecule has 9 heteroatoms. The Morgan fingerprint density at radius 2 is 1.36 bits per heavy atom. The Hall–Kier alpha value is -2.75. The van der Waals surface area contributed by atoms with Gasteiger partial charge < -0.3 is 23.5 Å². The first-order valence-corrected chi connectivity index (χ1v) is 15.6. The highest BCUT2D eigenvalue weighted by molar-refractivity contribution is 9.10. The van der Waals surface area contributed by atoms with Crippen LogP contribution in [-0.2, 0) is 24.8 Å². The number of aromatic nitrogens is 1. The van der Waals surface area contributed by atoms with Gasteiger partial charge in [-0.15, -0.1) is 28.3 Å². The summed E-state index contributed by atoms with van der Waals surface area (Å²) < 4.78 is 25.5. The molecule has 5 rings (SSSR count). The van der Waals surface area contributed by atoms with Crippen LogP contribution >= 0.6 is 44.2 Å². The van der Waals surface area contributed by atoms with E-state index in [1.165, 1.54) is 28.8 Å². The van der Waals surface area contributed by atoms with Gasteiger partial charge in [-0.1, -0.05) is 46.6 Å². The molecular formula is C33H38Br2N2O4S. The van der Waals surface area contributed by atoms with E-state index in [0.29, 0.717) is 6.54 Å². The van der Waals surface area contributed by atoms with Gasteiger partial charge in [0.1, 0.15) is 0 Å². The summed E-state index contributed by atoms with van der Waals surface area (Å²) in [5.41, 5.74) is 5.13. The molecule has 0 unspecified atom stereocenters. The largest absolute Gasteiger partial charge is 0.493 e. The third kappa shape index (κ3) is 6.74. The minimum atomic E-state index is 0. The SMILES string of the molecule is Br.COc1ccc(CCN=c2scc(C3(c4ccc(Br)cc4)CCC3)n2CCc2ccc(OC)c(OC)c2)cc1OC. The number of rotatable bonds is 12. The van der Waals surface area contributed by atoms with Crippen molar-refractivity contribution in [2.75, 3.05) is 35.0 Å². The van der Waals surface area contributed by atoms with E-state index in [9.17, 15) is 0 Å². The van der Waals surface area contributed by atoms with Crippen molar-refractivity contribution in [1.82, 2.24) is 4.57 Å². The summed E-state index contributed by atoms with van der Waals surface area (Å²) in [5, 5.41) is 2.34. The molecule has 0 amide bonds. The van der Waals surface area contributed by atoms with Gasteiger partial charge in [0.15, 0.2) is 27.8 Å². The normalized spacial score (nSPS) is 14.1. The predicted octanol–water partition coefficient (Wildman–Crippen LogP) is 7.78. The van der Waals surface area contributed by atoms with E-state index in [1.54, 1.807) is 39.8 Å². The lowest BCUT2D eigenvalue weighted by molar-refractivity contribution is 0.282. The van der Waals surface area contributed by atoms with Crippen LogP contribution in [0.2, 0.25) is 0 Å². The Morgan fingerprint density at radius 1 is 0.786 bits per heavy atom. The summed E-state index contributed by atoms with van der Waals surface area (Å²) in [4.78, 5) is 6.19. The summed E-state index contributed by atoms with van der Waals surface area (Å²) in [7, 11) is 6.68. The van der Waals surface area contributed by atoms with Crippen molar-refractivity contribution in [3.8, 4) is 23.0 Å². The quantitative estimate of drug-likeness (QED) is 0.150. The molecule has 1 fully saturated rings. The van der Waals surface area contributed by atoms with Crippen molar-refractivity contribution in [2.45, 2.75) is 44.1 Å². The number of benzene rings is 3. The standard InChI is InChI=1S/C33H37BrN2O4S.BrH/c1-37-27-12-6-23(20-29(27)39-3)14-18-35-32-36(19-15-24-7-13-28(38-2)30(21-24)40-4)31(22-41-32)33(16-5-17-33)25-8-10-26(34)11-9-25;/h6-13,20-22H,5,14-19H2,1-4H3;1H. The summed E-state index contributed by atoms with van der Waals surface area (Å²) in [5.74, 6) is 2.98. The van der Waals surface area contributed by atoms with E-state index < -0.39 is 0 Å². The van der Waals surface area contributed by atoms with Crippen LogP contribution in [0, 0.1) is 0 Å². The van der Waals surface area contributed by atoms with E-state index in [-0.39, 0.29) is 22.4 Å². The van der Waals surface area contributed by atoms with E-state index in [4.69, 9.17) is 23.9 Å². The average Bonchev–Trinajstić information content (AvgIpc) is 3.38. The molecule has 0 bridgehead atoms. The van der Waals surface area contributed by atoms with Crippen LogP contribution in [0.4, 0.5) is 0 Å². The Labute approximate surface area is 271 Å². The number of hydrogen-bond acceptors (Lipinski definition) is 6. The smallest absolute Gasteiger partial charge is 0.184 e. The lowest BCUT2D eigenvalue weighted by atomic mass is 9.62. The first kappa shape index (κ1) is 32.2. The third-order valence-electron chi connectivity index (χ3n) is 8.06. The molecule has 6 nitrogen and oxygen atoms in total. The minimum absolute atomic E-state index is 0. The molecule has 1 heterocycles. The zero-order valence-corrected chi connectivity index (χ0v) is 28.6. The number of hydrogen-bond donors (Lipinski definition) is 0. The zero-order chi connectivity index (χ0) is 28.8. The average molecular weight is 719 g/mol. The first-order valence-electron chi connectivity index (χ1n) is 13.9. The molecule has 224 valence electrons. The maximum atomic E-state index is 5.57. The highest BCUT2D eigenvalue weighted by Crippen LogP contribution is 2.49. The van der Waals surface area contributed by atoms with Crippen LogP contribution in [0.1, 0.15) is 41.6 Å². The number of methoxy groups -OCH3 is 4. The van der Waals surface area contributed by atoms with Gasteiger partial charge in [0.05, 0.1) is 28.4 Å². The lowest BCUT2D eigenvalue weighted by Gasteiger charge is -2.43. The summed E-state index contributed by atoms with van der Waals surface area (Å²) in [6.07, 6.45) is 5.21. The third-order valence-corrected chi connectivity index (χ3v) is 9.49. The molecule has 3 aromatic carbocycles. The molecule has 0 aliphatic heterocycles. The highest BCUT2D eigenvalue weighted by Gasteiger charge is 2.42. The minimum Gasteiger partial charge on any atom is -0.493 e. The Kier molecular flexibility index (Phi) is 11.2. The van der Waals surface area contributed by atoms with E-state index in [0.717, 1.165) is 64.5 Å². The second-order valence-corrected chi connectivity index (χ2v) is 12.0. The lowest BCUT2D eigenvalue weighted by Crippen LogP contribution is -2.39. The molecule has 42 heavy (non-hydrogen) atoms. The van der Waals surface area contributed by atoms with Crippen LogP contribution in [-0.4, -0.2) is 39.6 Å². The number of thiazole rings is 1. The van der Waals surface area contributed by atoms with Gasteiger partial charge >= 0.3 is 0 Å². The molecule has 1 saturated carbocycles. The number of nitrogens with zero attached hydrogens (tertiary/aromatic N) is 2. The van der Waals surface area contributed by atoms with E-state index in [2.05, 4.69) is 68.3 Å². The van der Waals surface area contributed by atoms with Crippen LogP contribution in [0.15, 0.2) is 75.5 Å². The van der Waals surface area contributed by atoms with Gasteiger partial charge in [0, 0.05) is 34.1 Å². The highest BCUT2D eigenvalue weighted by atomic mass is 79.9. The zero-order valence-electron chi connectivity index (χ0n) is 24.5. The van der Waals surface area contributed by atoms with Gasteiger partial charge in [0.2, 0.25) is 0 Å². The Bertz CT molecular complexity index is 1540. The molecule has 0 saturated heterocycles. The van der Waals surface area contributed by atoms with Crippen LogP contribution < -0.4 is 23.7 Å². The summed E-state index contributed by atoms with van der Waals surface area (Å²) in [6.45, 7) is 1.53. The van der Waals surface area contributed by atoms with Gasteiger partial charge in [-0.2, -0.15) is 0 Å². The monoisotopic (exact) mass is 716 g/mol. The molecule has 0 spiro atoms. The maximum absolute atomic E-state index is 5.57. The fourth-order valence-corrected chi connectivity index (χ4v) is 6.95. The number of aryl methyl sites for hydroxylation is 1.